The number of hydrogen-bond acceptors (Lipinski definition) is 2. The van der Waals surface area contributed by atoms with Gasteiger partial charge in [-0.3, -0.25) is 9.69 Å². The first-order chi connectivity index (χ1) is 11.2. The molecule has 0 N–H and O–H groups in total. The lowest BCUT2D eigenvalue weighted by Crippen LogP contribution is -2.42. The molecule has 0 spiro atoms. The fraction of sp³-hybridized carbons (Fsp3) is 0.632. The van der Waals surface area contributed by atoms with E-state index in [-0.39, 0.29) is 5.92 Å². The largest absolute Gasteiger partial charge is 0.342 e. The molecule has 0 unspecified atom stereocenters. The third kappa shape index (κ3) is 4.71. The Balaban J connectivity index is 1.47. The molecule has 3 nitrogen and oxygen atoms in total. The van der Waals surface area contributed by atoms with Crippen LogP contribution in [-0.2, 0) is 11.3 Å². The number of amides is 1. The molecule has 2 fully saturated rings. The van der Waals surface area contributed by atoms with Crippen LogP contribution in [0.1, 0.15) is 44.1 Å². The van der Waals surface area contributed by atoms with Gasteiger partial charge in [0, 0.05) is 30.6 Å². The highest BCUT2D eigenvalue weighted by Crippen LogP contribution is 2.23. The van der Waals surface area contributed by atoms with Crippen LogP contribution in [0.25, 0.3) is 0 Å². The van der Waals surface area contributed by atoms with E-state index >= 15 is 0 Å². The maximum Gasteiger partial charge on any atom is 0.225 e. The van der Waals surface area contributed by atoms with Crippen LogP contribution < -0.4 is 0 Å². The number of hydrogen-bond donors (Lipinski definition) is 0. The molecule has 0 bridgehead atoms. The Kier molecular flexibility index (Phi) is 5.96. The maximum absolute atomic E-state index is 12.7. The van der Waals surface area contributed by atoms with Gasteiger partial charge in [-0.25, -0.2) is 0 Å². The molecule has 3 rings (SSSR count). The van der Waals surface area contributed by atoms with Crippen molar-refractivity contribution in [1.29, 1.82) is 0 Å². The SMILES string of the molecule is O=C(C1CCN(Cc2ccc(Cl)cc2)CC1)N1CCCCCC1. The number of likely N-dealkylation sites (tertiary alicyclic amines) is 2. The summed E-state index contributed by atoms with van der Waals surface area (Å²) in [4.78, 5) is 17.3. The van der Waals surface area contributed by atoms with Crippen LogP contribution in [-0.4, -0.2) is 41.9 Å². The summed E-state index contributed by atoms with van der Waals surface area (Å²) in [6.07, 6.45) is 6.93. The molecule has 4 heteroatoms. The average Bonchev–Trinajstić information content (AvgIpc) is 2.86. The zero-order valence-corrected chi connectivity index (χ0v) is 14.6. The molecule has 2 heterocycles. The van der Waals surface area contributed by atoms with Crippen LogP contribution in [0.15, 0.2) is 24.3 Å². The van der Waals surface area contributed by atoms with E-state index in [0.717, 1.165) is 50.6 Å². The van der Waals surface area contributed by atoms with Gasteiger partial charge in [-0.15, -0.1) is 0 Å². The number of nitrogens with zero attached hydrogens (tertiary/aromatic N) is 2. The summed E-state index contributed by atoms with van der Waals surface area (Å²) in [5, 5.41) is 0.788. The van der Waals surface area contributed by atoms with Crippen LogP contribution in [0, 0.1) is 5.92 Å². The van der Waals surface area contributed by atoms with Gasteiger partial charge in [-0.2, -0.15) is 0 Å². The molecule has 0 atom stereocenters. The minimum Gasteiger partial charge on any atom is -0.342 e. The lowest BCUT2D eigenvalue weighted by Gasteiger charge is -2.34. The van der Waals surface area contributed by atoms with Crippen LogP contribution >= 0.6 is 11.6 Å². The Morgan fingerprint density at radius 1 is 0.957 bits per heavy atom. The second-order valence-electron chi connectivity index (χ2n) is 6.92. The smallest absolute Gasteiger partial charge is 0.225 e. The second kappa shape index (κ2) is 8.16. The van der Waals surface area contributed by atoms with E-state index in [2.05, 4.69) is 21.9 Å². The van der Waals surface area contributed by atoms with Gasteiger partial charge in [0.25, 0.3) is 0 Å². The molecule has 0 radical (unpaired) electrons. The van der Waals surface area contributed by atoms with Gasteiger partial charge >= 0.3 is 0 Å². The number of rotatable bonds is 3. The predicted molar refractivity (Wildman–Crippen MR) is 94.5 cm³/mol. The molecular formula is C19H27ClN2O. The highest BCUT2D eigenvalue weighted by molar-refractivity contribution is 6.30. The van der Waals surface area contributed by atoms with E-state index in [0.29, 0.717) is 5.91 Å². The number of benzene rings is 1. The first kappa shape index (κ1) is 16.8. The van der Waals surface area contributed by atoms with E-state index in [1.807, 2.05) is 12.1 Å². The maximum atomic E-state index is 12.7. The summed E-state index contributed by atoms with van der Waals surface area (Å²) in [6.45, 7) is 4.95. The first-order valence-electron chi connectivity index (χ1n) is 8.98. The van der Waals surface area contributed by atoms with Crippen molar-refractivity contribution >= 4 is 17.5 Å². The van der Waals surface area contributed by atoms with Gasteiger partial charge in [0.2, 0.25) is 5.91 Å². The quantitative estimate of drug-likeness (QED) is 0.835. The van der Waals surface area contributed by atoms with Gasteiger partial charge in [-0.1, -0.05) is 36.6 Å². The molecule has 0 saturated carbocycles. The van der Waals surface area contributed by atoms with Crippen molar-refractivity contribution in [3.63, 3.8) is 0 Å². The highest BCUT2D eigenvalue weighted by Gasteiger charge is 2.28. The molecule has 0 aromatic heterocycles. The Labute approximate surface area is 144 Å². The Hall–Kier alpha value is -1.06. The van der Waals surface area contributed by atoms with Crippen molar-refractivity contribution < 1.29 is 4.79 Å². The van der Waals surface area contributed by atoms with Gasteiger partial charge in [0.15, 0.2) is 0 Å². The fourth-order valence-corrected chi connectivity index (χ4v) is 3.86. The third-order valence-electron chi connectivity index (χ3n) is 5.17. The van der Waals surface area contributed by atoms with Crippen molar-refractivity contribution in [1.82, 2.24) is 9.80 Å². The van der Waals surface area contributed by atoms with Gasteiger partial charge in [-0.05, 0) is 56.5 Å². The Bertz CT molecular complexity index is 501. The average molecular weight is 335 g/mol. The summed E-state index contributed by atoms with van der Waals surface area (Å²) in [6, 6.07) is 8.09. The number of piperidine rings is 1. The molecule has 126 valence electrons. The van der Waals surface area contributed by atoms with Gasteiger partial charge in [0.1, 0.15) is 0 Å². The van der Waals surface area contributed by atoms with Crippen LogP contribution in [0.4, 0.5) is 0 Å². The minimum absolute atomic E-state index is 0.245. The topological polar surface area (TPSA) is 23.6 Å². The number of halogens is 1. The molecular weight excluding hydrogens is 308 g/mol. The van der Waals surface area contributed by atoms with Crippen molar-refractivity contribution in [2.24, 2.45) is 5.92 Å². The summed E-state index contributed by atoms with van der Waals surface area (Å²) < 4.78 is 0. The minimum atomic E-state index is 0.245. The highest BCUT2D eigenvalue weighted by atomic mass is 35.5. The van der Waals surface area contributed by atoms with Gasteiger partial charge < -0.3 is 4.90 Å². The van der Waals surface area contributed by atoms with Crippen LogP contribution in [0.3, 0.4) is 0 Å². The lowest BCUT2D eigenvalue weighted by molar-refractivity contribution is -0.137. The molecule has 0 aliphatic carbocycles. The lowest BCUT2D eigenvalue weighted by atomic mass is 9.94. The Morgan fingerprint density at radius 3 is 2.17 bits per heavy atom. The monoisotopic (exact) mass is 334 g/mol. The van der Waals surface area contributed by atoms with E-state index in [9.17, 15) is 4.79 Å². The van der Waals surface area contributed by atoms with Crippen molar-refractivity contribution in [2.45, 2.75) is 45.1 Å². The zero-order chi connectivity index (χ0) is 16.1. The summed E-state index contributed by atoms with van der Waals surface area (Å²) in [5.74, 6) is 0.660. The summed E-state index contributed by atoms with van der Waals surface area (Å²) >= 11 is 5.94. The zero-order valence-electron chi connectivity index (χ0n) is 13.8. The van der Waals surface area contributed by atoms with Crippen LogP contribution in [0.5, 0.6) is 0 Å². The molecule has 1 amide bonds. The summed E-state index contributed by atoms with van der Waals surface area (Å²) in [7, 11) is 0. The first-order valence-corrected chi connectivity index (χ1v) is 9.36. The van der Waals surface area contributed by atoms with E-state index in [4.69, 9.17) is 11.6 Å². The van der Waals surface area contributed by atoms with Crippen molar-refractivity contribution in [3.8, 4) is 0 Å². The summed E-state index contributed by atoms with van der Waals surface area (Å²) in [5.41, 5.74) is 1.30. The molecule has 2 saturated heterocycles. The number of carbonyl (C=O) groups excluding carboxylic acids is 1. The van der Waals surface area contributed by atoms with Crippen molar-refractivity contribution in [3.05, 3.63) is 34.9 Å². The molecule has 1 aromatic carbocycles. The second-order valence-corrected chi connectivity index (χ2v) is 7.35. The fourth-order valence-electron chi connectivity index (χ4n) is 3.74. The third-order valence-corrected chi connectivity index (χ3v) is 5.43. The molecule has 23 heavy (non-hydrogen) atoms. The number of carbonyl (C=O) groups is 1. The molecule has 2 aliphatic rings. The van der Waals surface area contributed by atoms with E-state index < -0.39 is 0 Å². The van der Waals surface area contributed by atoms with Crippen LogP contribution in [0.2, 0.25) is 5.02 Å². The Morgan fingerprint density at radius 2 is 1.57 bits per heavy atom. The van der Waals surface area contributed by atoms with Gasteiger partial charge in [0.05, 0.1) is 0 Å². The van der Waals surface area contributed by atoms with E-state index in [1.54, 1.807) is 0 Å². The normalized spacial score (nSPS) is 21.2. The van der Waals surface area contributed by atoms with Crippen molar-refractivity contribution in [2.75, 3.05) is 26.2 Å². The molecule has 1 aromatic rings. The molecule has 2 aliphatic heterocycles. The standard InChI is InChI=1S/C19H27ClN2O/c20-18-7-5-16(6-8-18)15-21-13-9-17(10-14-21)19(23)22-11-3-1-2-4-12-22/h5-8,17H,1-4,9-15H2. The van der Waals surface area contributed by atoms with E-state index in [1.165, 1.54) is 31.2 Å². The predicted octanol–water partition coefficient (Wildman–Crippen LogP) is 3.95.